The van der Waals surface area contributed by atoms with Crippen LogP contribution in [0.3, 0.4) is 0 Å². The maximum atomic E-state index is 12.1. The topological polar surface area (TPSA) is 58.6 Å². The first-order valence-corrected chi connectivity index (χ1v) is 6.64. The van der Waals surface area contributed by atoms with Crippen molar-refractivity contribution >= 4 is 11.9 Å². The standard InChI is InChI=1S/C14H15F3N2O3/c1-8(2)11-12(20)19(13(21)18-11)7-9-3-5-10(6-4-9)22-14(15,16)17/h3-6,8,11H,7H2,1-2H3,(H,18,21)/t11-/m1/s1. The number of alkyl halides is 3. The molecule has 1 N–H and O–H groups in total. The molecule has 1 aromatic carbocycles. The summed E-state index contributed by atoms with van der Waals surface area (Å²) < 4.78 is 39.9. The lowest BCUT2D eigenvalue weighted by molar-refractivity contribution is -0.274. The first-order chi connectivity index (χ1) is 10.2. The van der Waals surface area contributed by atoms with Gasteiger partial charge in [-0.2, -0.15) is 0 Å². The van der Waals surface area contributed by atoms with E-state index in [0.29, 0.717) is 5.56 Å². The van der Waals surface area contributed by atoms with E-state index in [4.69, 9.17) is 0 Å². The van der Waals surface area contributed by atoms with Crippen LogP contribution in [0.1, 0.15) is 19.4 Å². The molecule has 0 saturated carbocycles. The van der Waals surface area contributed by atoms with Crippen molar-refractivity contribution in [1.82, 2.24) is 10.2 Å². The lowest BCUT2D eigenvalue weighted by atomic mass is 10.0. The van der Waals surface area contributed by atoms with Crippen LogP contribution in [0.25, 0.3) is 0 Å². The smallest absolute Gasteiger partial charge is 0.406 e. The molecule has 0 aromatic heterocycles. The number of imide groups is 1. The van der Waals surface area contributed by atoms with Gasteiger partial charge in [-0.25, -0.2) is 4.79 Å². The highest BCUT2D eigenvalue weighted by Gasteiger charge is 2.39. The fourth-order valence-corrected chi connectivity index (χ4v) is 2.12. The largest absolute Gasteiger partial charge is 0.573 e. The molecule has 22 heavy (non-hydrogen) atoms. The lowest BCUT2D eigenvalue weighted by Crippen LogP contribution is -2.34. The van der Waals surface area contributed by atoms with Crippen molar-refractivity contribution < 1.29 is 27.5 Å². The maximum Gasteiger partial charge on any atom is 0.573 e. The van der Waals surface area contributed by atoms with E-state index in [9.17, 15) is 22.8 Å². The van der Waals surface area contributed by atoms with Gasteiger partial charge in [-0.05, 0) is 23.6 Å². The van der Waals surface area contributed by atoms with Gasteiger partial charge in [-0.15, -0.1) is 13.2 Å². The quantitative estimate of drug-likeness (QED) is 0.869. The molecular weight excluding hydrogens is 301 g/mol. The number of nitrogens with zero attached hydrogens (tertiary/aromatic N) is 1. The molecule has 1 aliphatic rings. The normalized spacial score (nSPS) is 18.8. The summed E-state index contributed by atoms with van der Waals surface area (Å²) in [5, 5.41) is 2.58. The number of halogens is 3. The van der Waals surface area contributed by atoms with Gasteiger partial charge in [0.05, 0.1) is 6.54 Å². The van der Waals surface area contributed by atoms with Crippen LogP contribution >= 0.6 is 0 Å². The van der Waals surface area contributed by atoms with Gasteiger partial charge in [0.25, 0.3) is 5.91 Å². The summed E-state index contributed by atoms with van der Waals surface area (Å²) in [6.45, 7) is 3.63. The number of hydrogen-bond acceptors (Lipinski definition) is 3. The maximum absolute atomic E-state index is 12.1. The highest BCUT2D eigenvalue weighted by molar-refractivity contribution is 6.04. The van der Waals surface area contributed by atoms with Crippen LogP contribution in [-0.2, 0) is 11.3 Å². The summed E-state index contributed by atoms with van der Waals surface area (Å²) >= 11 is 0. The van der Waals surface area contributed by atoms with Crippen molar-refractivity contribution in [2.45, 2.75) is 32.8 Å². The summed E-state index contributed by atoms with van der Waals surface area (Å²) in [6, 6.07) is 3.97. The van der Waals surface area contributed by atoms with Gasteiger partial charge >= 0.3 is 12.4 Å². The molecule has 2 rings (SSSR count). The van der Waals surface area contributed by atoms with Gasteiger partial charge in [-0.3, -0.25) is 9.69 Å². The second kappa shape index (κ2) is 5.86. The van der Waals surface area contributed by atoms with Crippen molar-refractivity contribution in [3.63, 3.8) is 0 Å². The van der Waals surface area contributed by atoms with Crippen LogP contribution in [0.4, 0.5) is 18.0 Å². The second-order valence-corrected chi connectivity index (χ2v) is 5.29. The monoisotopic (exact) mass is 316 g/mol. The fourth-order valence-electron chi connectivity index (χ4n) is 2.12. The Balaban J connectivity index is 2.05. The zero-order valence-corrected chi connectivity index (χ0v) is 12.0. The van der Waals surface area contributed by atoms with Crippen molar-refractivity contribution in [3.8, 4) is 5.75 Å². The van der Waals surface area contributed by atoms with Gasteiger partial charge in [0.15, 0.2) is 0 Å². The van der Waals surface area contributed by atoms with Crippen molar-refractivity contribution in [1.29, 1.82) is 0 Å². The Bertz CT molecular complexity index is 570. The number of rotatable bonds is 4. The molecule has 1 heterocycles. The summed E-state index contributed by atoms with van der Waals surface area (Å²) in [5.74, 6) is -0.729. The number of nitrogens with one attached hydrogen (secondary N) is 1. The third kappa shape index (κ3) is 3.69. The number of ether oxygens (including phenoxy) is 1. The summed E-state index contributed by atoms with van der Waals surface area (Å²) in [6.07, 6.45) is -4.75. The predicted octanol–water partition coefficient (Wildman–Crippen LogP) is 2.66. The Kier molecular flexibility index (Phi) is 4.30. The Morgan fingerprint density at radius 1 is 1.23 bits per heavy atom. The number of hydrogen-bond donors (Lipinski definition) is 1. The number of carbonyl (C=O) groups excluding carboxylic acids is 2. The molecule has 1 fully saturated rings. The molecule has 8 heteroatoms. The van der Waals surface area contributed by atoms with E-state index in [0.717, 1.165) is 17.0 Å². The number of urea groups is 1. The summed E-state index contributed by atoms with van der Waals surface area (Å²) in [7, 11) is 0. The third-order valence-corrected chi connectivity index (χ3v) is 3.22. The van der Waals surface area contributed by atoms with E-state index in [2.05, 4.69) is 10.1 Å². The molecule has 0 bridgehead atoms. The van der Waals surface area contributed by atoms with Crippen LogP contribution in [0.2, 0.25) is 0 Å². The molecule has 1 aliphatic heterocycles. The third-order valence-electron chi connectivity index (χ3n) is 3.22. The molecule has 120 valence electrons. The van der Waals surface area contributed by atoms with Crippen molar-refractivity contribution in [2.75, 3.05) is 0 Å². The molecule has 5 nitrogen and oxygen atoms in total. The minimum absolute atomic E-state index is 0.000183. The number of benzene rings is 1. The number of amides is 3. The molecule has 1 aromatic rings. The van der Waals surface area contributed by atoms with Crippen LogP contribution in [-0.4, -0.2) is 29.2 Å². The Morgan fingerprint density at radius 2 is 1.82 bits per heavy atom. The molecule has 0 unspecified atom stereocenters. The molecule has 0 radical (unpaired) electrons. The fraction of sp³-hybridized carbons (Fsp3) is 0.429. The lowest BCUT2D eigenvalue weighted by Gasteiger charge is -2.15. The first kappa shape index (κ1) is 16.1. The minimum Gasteiger partial charge on any atom is -0.406 e. The molecule has 0 spiro atoms. The zero-order chi connectivity index (χ0) is 16.5. The Morgan fingerprint density at radius 3 is 2.27 bits per heavy atom. The highest BCUT2D eigenvalue weighted by atomic mass is 19.4. The molecule has 1 saturated heterocycles. The van der Waals surface area contributed by atoms with Gasteiger partial charge in [0.1, 0.15) is 11.8 Å². The van der Waals surface area contributed by atoms with E-state index in [1.54, 1.807) is 0 Å². The van der Waals surface area contributed by atoms with Gasteiger partial charge < -0.3 is 10.1 Å². The second-order valence-electron chi connectivity index (χ2n) is 5.29. The average molecular weight is 316 g/mol. The van der Waals surface area contributed by atoms with E-state index in [1.807, 2.05) is 13.8 Å². The van der Waals surface area contributed by atoms with Crippen LogP contribution < -0.4 is 10.1 Å². The Hall–Kier alpha value is -2.25. The van der Waals surface area contributed by atoms with E-state index < -0.39 is 18.4 Å². The van der Waals surface area contributed by atoms with Gasteiger partial charge in [0.2, 0.25) is 0 Å². The average Bonchev–Trinajstić information content (AvgIpc) is 2.67. The minimum atomic E-state index is -4.75. The van der Waals surface area contributed by atoms with Crippen LogP contribution in [0, 0.1) is 5.92 Å². The zero-order valence-electron chi connectivity index (χ0n) is 12.0. The summed E-state index contributed by atoms with van der Waals surface area (Å²) in [4.78, 5) is 24.9. The molecular formula is C14H15F3N2O3. The van der Waals surface area contributed by atoms with Crippen LogP contribution in [0.15, 0.2) is 24.3 Å². The Labute approximate surface area is 125 Å². The SMILES string of the molecule is CC(C)[C@H]1NC(=O)N(Cc2ccc(OC(F)(F)F)cc2)C1=O. The van der Waals surface area contributed by atoms with Gasteiger partial charge in [-0.1, -0.05) is 26.0 Å². The first-order valence-electron chi connectivity index (χ1n) is 6.64. The van der Waals surface area contributed by atoms with Crippen molar-refractivity contribution in [3.05, 3.63) is 29.8 Å². The summed E-state index contributed by atoms with van der Waals surface area (Å²) in [5.41, 5.74) is 0.530. The van der Waals surface area contributed by atoms with Crippen molar-refractivity contribution in [2.24, 2.45) is 5.92 Å². The molecule has 0 aliphatic carbocycles. The van der Waals surface area contributed by atoms with E-state index in [-0.39, 0.29) is 24.1 Å². The highest BCUT2D eigenvalue weighted by Crippen LogP contribution is 2.23. The van der Waals surface area contributed by atoms with Gasteiger partial charge in [0, 0.05) is 0 Å². The van der Waals surface area contributed by atoms with Crippen LogP contribution in [0.5, 0.6) is 5.75 Å². The molecule has 3 amide bonds. The van der Waals surface area contributed by atoms with E-state index >= 15 is 0 Å². The predicted molar refractivity (Wildman–Crippen MR) is 70.8 cm³/mol. The molecule has 1 atom stereocenters. The van der Waals surface area contributed by atoms with E-state index in [1.165, 1.54) is 12.1 Å². The number of carbonyl (C=O) groups is 2.